The summed E-state index contributed by atoms with van der Waals surface area (Å²) in [5.41, 5.74) is 5.15. The van der Waals surface area contributed by atoms with Gasteiger partial charge >= 0.3 is 0 Å². The first-order chi connectivity index (χ1) is 7.09. The highest BCUT2D eigenvalue weighted by molar-refractivity contribution is 6.32. The normalized spacial score (nSPS) is 10.5. The number of hydrogen-bond donors (Lipinski definition) is 2. The SMILES string of the molecule is Nc1cc(=O)[nH]n1-c1c(F)cccc1Cl. The Labute approximate surface area is 89.1 Å². The minimum atomic E-state index is -0.555. The average molecular weight is 228 g/mol. The molecule has 0 atom stereocenters. The molecule has 1 aromatic heterocycles. The predicted molar refractivity (Wildman–Crippen MR) is 55.8 cm³/mol. The molecular formula is C9H7ClFN3O. The summed E-state index contributed by atoms with van der Waals surface area (Å²) in [5.74, 6) is -0.451. The fraction of sp³-hybridized carbons (Fsp3) is 0. The molecule has 0 aliphatic heterocycles. The molecule has 1 aromatic carbocycles. The number of para-hydroxylation sites is 1. The molecule has 0 unspecified atom stereocenters. The van der Waals surface area contributed by atoms with Crippen LogP contribution in [0.4, 0.5) is 10.2 Å². The molecule has 0 saturated carbocycles. The van der Waals surface area contributed by atoms with Crippen molar-refractivity contribution in [2.24, 2.45) is 0 Å². The molecule has 3 N–H and O–H groups in total. The van der Waals surface area contributed by atoms with Crippen molar-refractivity contribution < 1.29 is 4.39 Å². The van der Waals surface area contributed by atoms with E-state index in [1.54, 1.807) is 0 Å². The van der Waals surface area contributed by atoms with Crippen LogP contribution >= 0.6 is 11.6 Å². The number of hydrogen-bond acceptors (Lipinski definition) is 2. The maximum absolute atomic E-state index is 13.4. The summed E-state index contributed by atoms with van der Waals surface area (Å²) in [6.45, 7) is 0. The second-order valence-electron chi connectivity index (χ2n) is 2.95. The third kappa shape index (κ3) is 1.61. The van der Waals surface area contributed by atoms with Crippen LogP contribution in [0.25, 0.3) is 5.69 Å². The molecule has 2 aromatic rings. The Morgan fingerprint density at radius 1 is 1.47 bits per heavy atom. The van der Waals surface area contributed by atoms with Crippen molar-refractivity contribution in [2.75, 3.05) is 5.73 Å². The molecular weight excluding hydrogens is 221 g/mol. The van der Waals surface area contributed by atoms with Crippen LogP contribution < -0.4 is 11.3 Å². The number of rotatable bonds is 1. The highest BCUT2D eigenvalue weighted by Gasteiger charge is 2.12. The zero-order valence-electron chi connectivity index (χ0n) is 7.50. The second kappa shape index (κ2) is 3.43. The Hall–Kier alpha value is -1.75. The number of halogens is 2. The fourth-order valence-corrected chi connectivity index (χ4v) is 1.54. The summed E-state index contributed by atoms with van der Waals surface area (Å²) in [4.78, 5) is 11.0. The quantitative estimate of drug-likeness (QED) is 0.776. The number of nitrogens with zero attached hydrogens (tertiary/aromatic N) is 1. The van der Waals surface area contributed by atoms with E-state index in [4.69, 9.17) is 17.3 Å². The van der Waals surface area contributed by atoms with Gasteiger partial charge in [-0.3, -0.25) is 9.89 Å². The van der Waals surface area contributed by atoms with E-state index >= 15 is 0 Å². The van der Waals surface area contributed by atoms with Gasteiger partial charge in [0.15, 0.2) is 0 Å². The molecule has 0 amide bonds. The lowest BCUT2D eigenvalue weighted by atomic mass is 10.3. The number of H-pyrrole nitrogens is 1. The first-order valence-electron chi connectivity index (χ1n) is 4.11. The van der Waals surface area contributed by atoms with Crippen LogP contribution in [0.1, 0.15) is 0 Å². The summed E-state index contributed by atoms with van der Waals surface area (Å²) in [6, 6.07) is 5.37. The van der Waals surface area contributed by atoms with Gasteiger partial charge in [-0.25, -0.2) is 9.07 Å². The standard InChI is InChI=1S/C9H7ClFN3O/c10-5-2-1-3-6(11)9(5)14-7(12)4-8(15)13-14/h1-4H,12H2,(H,13,15). The van der Waals surface area contributed by atoms with Crippen molar-refractivity contribution in [3.8, 4) is 5.69 Å². The summed E-state index contributed by atoms with van der Waals surface area (Å²) in [7, 11) is 0. The van der Waals surface area contributed by atoms with E-state index in [1.165, 1.54) is 18.2 Å². The van der Waals surface area contributed by atoms with E-state index in [0.29, 0.717) is 0 Å². The maximum Gasteiger partial charge on any atom is 0.266 e. The van der Waals surface area contributed by atoms with E-state index in [-0.39, 0.29) is 16.5 Å². The number of aromatic amines is 1. The molecule has 0 saturated heterocycles. The van der Waals surface area contributed by atoms with Gasteiger partial charge in [0.25, 0.3) is 5.56 Å². The zero-order valence-corrected chi connectivity index (χ0v) is 8.25. The van der Waals surface area contributed by atoms with Gasteiger partial charge in [-0.1, -0.05) is 17.7 Å². The van der Waals surface area contributed by atoms with Crippen LogP contribution in [0.5, 0.6) is 0 Å². The molecule has 15 heavy (non-hydrogen) atoms. The monoisotopic (exact) mass is 227 g/mol. The van der Waals surface area contributed by atoms with E-state index in [9.17, 15) is 9.18 Å². The van der Waals surface area contributed by atoms with Gasteiger partial charge in [0, 0.05) is 6.07 Å². The lowest BCUT2D eigenvalue weighted by Crippen LogP contribution is -2.07. The lowest BCUT2D eigenvalue weighted by molar-refractivity contribution is 0.611. The Balaban J connectivity index is 2.74. The number of nitrogen functional groups attached to an aromatic ring is 1. The number of anilines is 1. The van der Waals surface area contributed by atoms with Crippen LogP contribution in [-0.2, 0) is 0 Å². The lowest BCUT2D eigenvalue weighted by Gasteiger charge is -2.07. The van der Waals surface area contributed by atoms with Crippen molar-refractivity contribution in [1.29, 1.82) is 0 Å². The van der Waals surface area contributed by atoms with Crippen molar-refractivity contribution in [1.82, 2.24) is 9.78 Å². The summed E-state index contributed by atoms with van der Waals surface area (Å²) in [5, 5.41) is 2.53. The minimum Gasteiger partial charge on any atom is -0.384 e. The smallest absolute Gasteiger partial charge is 0.266 e. The third-order valence-electron chi connectivity index (χ3n) is 1.92. The van der Waals surface area contributed by atoms with E-state index in [2.05, 4.69) is 5.10 Å². The van der Waals surface area contributed by atoms with Crippen LogP contribution in [0.15, 0.2) is 29.1 Å². The van der Waals surface area contributed by atoms with Gasteiger partial charge in [0.1, 0.15) is 17.3 Å². The molecule has 78 valence electrons. The van der Waals surface area contributed by atoms with E-state index in [1.807, 2.05) is 0 Å². The predicted octanol–water partition coefficient (Wildman–Crippen LogP) is 1.54. The molecule has 0 aliphatic rings. The summed E-state index contributed by atoms with van der Waals surface area (Å²) in [6.07, 6.45) is 0. The van der Waals surface area contributed by atoms with Gasteiger partial charge in [-0.05, 0) is 12.1 Å². The van der Waals surface area contributed by atoms with Crippen LogP contribution in [0, 0.1) is 5.82 Å². The molecule has 0 radical (unpaired) electrons. The topological polar surface area (TPSA) is 63.8 Å². The number of nitrogens with two attached hydrogens (primary N) is 1. The molecule has 0 aliphatic carbocycles. The molecule has 0 spiro atoms. The van der Waals surface area contributed by atoms with Crippen molar-refractivity contribution >= 4 is 17.4 Å². The van der Waals surface area contributed by atoms with Crippen molar-refractivity contribution in [3.05, 3.63) is 45.5 Å². The summed E-state index contributed by atoms with van der Waals surface area (Å²) >= 11 is 5.81. The maximum atomic E-state index is 13.4. The van der Waals surface area contributed by atoms with Gasteiger partial charge in [-0.2, -0.15) is 0 Å². The second-order valence-corrected chi connectivity index (χ2v) is 3.36. The van der Waals surface area contributed by atoms with Crippen LogP contribution in [-0.4, -0.2) is 9.78 Å². The molecule has 4 nitrogen and oxygen atoms in total. The molecule has 2 rings (SSSR count). The van der Waals surface area contributed by atoms with Gasteiger partial charge in [0.05, 0.1) is 5.02 Å². The van der Waals surface area contributed by atoms with Gasteiger partial charge < -0.3 is 5.73 Å². The van der Waals surface area contributed by atoms with E-state index in [0.717, 1.165) is 10.7 Å². The molecule has 1 heterocycles. The number of benzene rings is 1. The van der Waals surface area contributed by atoms with Crippen LogP contribution in [0.3, 0.4) is 0 Å². The highest BCUT2D eigenvalue weighted by atomic mass is 35.5. The van der Waals surface area contributed by atoms with Crippen molar-refractivity contribution in [2.45, 2.75) is 0 Å². The Kier molecular flexibility index (Phi) is 2.24. The number of aromatic nitrogens is 2. The zero-order chi connectivity index (χ0) is 11.0. The van der Waals surface area contributed by atoms with Crippen molar-refractivity contribution in [3.63, 3.8) is 0 Å². The fourth-order valence-electron chi connectivity index (χ4n) is 1.29. The Bertz CT molecular complexity index is 540. The van der Waals surface area contributed by atoms with Gasteiger partial charge in [0.2, 0.25) is 0 Å². The molecule has 0 fully saturated rings. The average Bonchev–Trinajstić information content (AvgIpc) is 2.45. The minimum absolute atomic E-state index is 0.0405. The first-order valence-corrected chi connectivity index (χ1v) is 4.49. The first kappa shape index (κ1) is 9.79. The third-order valence-corrected chi connectivity index (χ3v) is 2.23. The molecule has 6 heteroatoms. The van der Waals surface area contributed by atoms with E-state index < -0.39 is 11.4 Å². The van der Waals surface area contributed by atoms with Crippen LogP contribution in [0.2, 0.25) is 5.02 Å². The number of nitrogens with one attached hydrogen (secondary N) is 1. The Morgan fingerprint density at radius 2 is 2.20 bits per heavy atom. The summed E-state index contributed by atoms with van der Waals surface area (Å²) < 4.78 is 14.6. The Morgan fingerprint density at radius 3 is 2.73 bits per heavy atom. The highest BCUT2D eigenvalue weighted by Crippen LogP contribution is 2.23. The molecule has 0 bridgehead atoms. The largest absolute Gasteiger partial charge is 0.384 e. The van der Waals surface area contributed by atoms with Gasteiger partial charge in [-0.15, -0.1) is 0 Å².